The zero-order chi connectivity index (χ0) is 18.6. The molecule has 0 radical (unpaired) electrons. The van der Waals surface area contributed by atoms with Crippen LogP contribution >= 0.6 is 0 Å². The molecule has 3 heterocycles. The number of nitrogens with zero attached hydrogens (tertiary/aromatic N) is 4. The van der Waals surface area contributed by atoms with Crippen LogP contribution in [0.25, 0.3) is 5.65 Å². The van der Waals surface area contributed by atoms with Gasteiger partial charge in [-0.15, -0.1) is 10.2 Å². The van der Waals surface area contributed by atoms with E-state index in [2.05, 4.69) is 10.2 Å². The number of halogens is 1. The van der Waals surface area contributed by atoms with Gasteiger partial charge in [-0.05, 0) is 37.1 Å². The van der Waals surface area contributed by atoms with E-state index >= 15 is 0 Å². The molecule has 140 valence electrons. The van der Waals surface area contributed by atoms with Gasteiger partial charge in [0.2, 0.25) is 5.91 Å². The van der Waals surface area contributed by atoms with E-state index in [-0.39, 0.29) is 30.6 Å². The lowest BCUT2D eigenvalue weighted by atomic mass is 9.97. The number of ether oxygens (including phenoxy) is 1. The minimum Gasteiger partial charge on any atom is -0.490 e. The molecule has 1 saturated heterocycles. The smallest absolute Gasteiger partial charge is 0.226 e. The third kappa shape index (κ3) is 3.77. The van der Waals surface area contributed by atoms with Crippen molar-refractivity contribution in [3.05, 3.63) is 60.3 Å². The van der Waals surface area contributed by atoms with Gasteiger partial charge in [0.05, 0.1) is 13.0 Å². The van der Waals surface area contributed by atoms with Crippen LogP contribution in [0.1, 0.15) is 31.0 Å². The second kappa shape index (κ2) is 7.73. The maximum absolute atomic E-state index is 13.6. The third-order valence-electron chi connectivity index (χ3n) is 4.89. The number of fused-ring (bicyclic) bond motifs is 1. The molecule has 0 bridgehead atoms. The van der Waals surface area contributed by atoms with Gasteiger partial charge in [0.25, 0.3) is 0 Å². The van der Waals surface area contributed by atoms with Crippen LogP contribution in [0.4, 0.5) is 4.39 Å². The number of hydrogen-bond donors (Lipinski definition) is 0. The summed E-state index contributed by atoms with van der Waals surface area (Å²) in [6.45, 7) is 1.51. The van der Waals surface area contributed by atoms with Crippen molar-refractivity contribution in [2.45, 2.75) is 25.2 Å². The molecule has 0 aliphatic carbocycles. The lowest BCUT2D eigenvalue weighted by Crippen LogP contribution is -2.40. The van der Waals surface area contributed by atoms with Crippen molar-refractivity contribution in [1.29, 1.82) is 0 Å². The number of benzene rings is 1. The van der Waals surface area contributed by atoms with E-state index in [0.717, 1.165) is 30.9 Å². The van der Waals surface area contributed by atoms with Crippen molar-refractivity contribution in [2.24, 2.45) is 0 Å². The second-order valence-corrected chi connectivity index (χ2v) is 6.69. The number of likely N-dealkylation sites (tertiary alicyclic amines) is 1. The fourth-order valence-electron chi connectivity index (χ4n) is 3.52. The molecule has 0 saturated carbocycles. The first kappa shape index (κ1) is 17.5. The third-order valence-corrected chi connectivity index (χ3v) is 4.89. The molecule has 1 aromatic carbocycles. The van der Waals surface area contributed by atoms with Crippen molar-refractivity contribution >= 4 is 11.6 Å². The molecule has 0 unspecified atom stereocenters. The molecule has 1 aliphatic heterocycles. The SMILES string of the molecule is O=C(CCOc1ccccc1F)N1CCC[C@@H](c2nnc3ccccn23)C1. The molecule has 27 heavy (non-hydrogen) atoms. The lowest BCUT2D eigenvalue weighted by molar-refractivity contribution is -0.133. The summed E-state index contributed by atoms with van der Waals surface area (Å²) in [6, 6.07) is 12.0. The highest BCUT2D eigenvalue weighted by molar-refractivity contribution is 5.76. The normalized spacial score (nSPS) is 17.2. The Bertz CT molecular complexity index is 942. The van der Waals surface area contributed by atoms with Gasteiger partial charge in [-0.25, -0.2) is 4.39 Å². The number of amides is 1. The van der Waals surface area contributed by atoms with E-state index < -0.39 is 5.82 Å². The Kier molecular flexibility index (Phi) is 5.00. The average Bonchev–Trinajstić information content (AvgIpc) is 3.14. The summed E-state index contributed by atoms with van der Waals surface area (Å²) in [5, 5.41) is 8.54. The van der Waals surface area contributed by atoms with Crippen LogP contribution in [0.15, 0.2) is 48.7 Å². The highest BCUT2D eigenvalue weighted by atomic mass is 19.1. The van der Waals surface area contributed by atoms with Crippen LogP contribution in [0.2, 0.25) is 0 Å². The summed E-state index contributed by atoms with van der Waals surface area (Å²) in [4.78, 5) is 14.4. The van der Waals surface area contributed by atoms with Gasteiger partial charge in [0.1, 0.15) is 5.82 Å². The van der Waals surface area contributed by atoms with Crippen molar-refractivity contribution < 1.29 is 13.9 Å². The molecule has 0 N–H and O–H groups in total. The quantitative estimate of drug-likeness (QED) is 0.695. The highest BCUT2D eigenvalue weighted by Crippen LogP contribution is 2.26. The number of pyridine rings is 1. The molecule has 1 fully saturated rings. The van der Waals surface area contributed by atoms with E-state index in [1.54, 1.807) is 18.2 Å². The van der Waals surface area contributed by atoms with Crippen LogP contribution in [0.5, 0.6) is 5.75 Å². The fraction of sp³-hybridized carbons (Fsp3) is 0.350. The van der Waals surface area contributed by atoms with Crippen molar-refractivity contribution in [3.8, 4) is 5.75 Å². The average molecular weight is 368 g/mol. The Labute approximate surface area is 156 Å². The van der Waals surface area contributed by atoms with Crippen LogP contribution in [0.3, 0.4) is 0 Å². The fourth-order valence-corrected chi connectivity index (χ4v) is 3.52. The largest absolute Gasteiger partial charge is 0.490 e. The van der Waals surface area contributed by atoms with E-state index in [1.807, 2.05) is 33.7 Å². The molecule has 1 aliphatic rings. The first-order valence-corrected chi connectivity index (χ1v) is 9.17. The minimum atomic E-state index is -0.415. The second-order valence-electron chi connectivity index (χ2n) is 6.69. The predicted molar refractivity (Wildman–Crippen MR) is 98.1 cm³/mol. The number of rotatable bonds is 5. The zero-order valence-electron chi connectivity index (χ0n) is 14.9. The molecule has 4 rings (SSSR count). The topological polar surface area (TPSA) is 59.7 Å². The summed E-state index contributed by atoms with van der Waals surface area (Å²) in [5.41, 5.74) is 0.814. The number of carbonyl (C=O) groups excluding carboxylic acids is 1. The first-order chi connectivity index (χ1) is 13.2. The molecule has 0 spiro atoms. The Balaban J connectivity index is 1.36. The zero-order valence-corrected chi connectivity index (χ0v) is 14.9. The molecular weight excluding hydrogens is 347 g/mol. The van der Waals surface area contributed by atoms with E-state index in [4.69, 9.17) is 4.74 Å². The van der Waals surface area contributed by atoms with E-state index in [1.165, 1.54) is 6.07 Å². The molecule has 7 heteroatoms. The minimum absolute atomic E-state index is 0.0184. The number of piperidine rings is 1. The molecule has 2 aromatic heterocycles. The van der Waals surface area contributed by atoms with Gasteiger partial charge in [0, 0.05) is 25.2 Å². The Morgan fingerprint density at radius 2 is 2.04 bits per heavy atom. The summed E-state index contributed by atoms with van der Waals surface area (Å²) in [6.07, 6.45) is 4.08. The van der Waals surface area contributed by atoms with E-state index in [0.29, 0.717) is 6.54 Å². The summed E-state index contributed by atoms with van der Waals surface area (Å²) >= 11 is 0. The number of carbonyl (C=O) groups is 1. The Morgan fingerprint density at radius 3 is 2.93 bits per heavy atom. The molecule has 3 aromatic rings. The van der Waals surface area contributed by atoms with Gasteiger partial charge in [-0.1, -0.05) is 18.2 Å². The summed E-state index contributed by atoms with van der Waals surface area (Å²) < 4.78 is 21.0. The van der Waals surface area contributed by atoms with E-state index in [9.17, 15) is 9.18 Å². The maximum Gasteiger partial charge on any atom is 0.226 e. The molecule has 6 nitrogen and oxygen atoms in total. The molecular formula is C20H21FN4O2. The van der Waals surface area contributed by atoms with Gasteiger partial charge in [0.15, 0.2) is 17.2 Å². The van der Waals surface area contributed by atoms with Crippen LogP contribution < -0.4 is 4.74 Å². The number of para-hydroxylation sites is 1. The first-order valence-electron chi connectivity index (χ1n) is 9.17. The van der Waals surface area contributed by atoms with Gasteiger partial charge < -0.3 is 9.64 Å². The summed E-state index contributed by atoms with van der Waals surface area (Å²) in [7, 11) is 0. The highest BCUT2D eigenvalue weighted by Gasteiger charge is 2.27. The number of aromatic nitrogens is 3. The van der Waals surface area contributed by atoms with Crippen molar-refractivity contribution in [2.75, 3.05) is 19.7 Å². The van der Waals surface area contributed by atoms with Crippen molar-refractivity contribution in [3.63, 3.8) is 0 Å². The van der Waals surface area contributed by atoms with Crippen molar-refractivity contribution in [1.82, 2.24) is 19.5 Å². The Hall–Kier alpha value is -2.96. The number of hydrogen-bond acceptors (Lipinski definition) is 4. The predicted octanol–water partition coefficient (Wildman–Crippen LogP) is 3.04. The monoisotopic (exact) mass is 368 g/mol. The molecule has 1 atom stereocenters. The van der Waals surface area contributed by atoms with Gasteiger partial charge in [-0.3, -0.25) is 9.20 Å². The lowest BCUT2D eigenvalue weighted by Gasteiger charge is -2.32. The Morgan fingerprint density at radius 1 is 1.19 bits per heavy atom. The molecule has 1 amide bonds. The van der Waals surface area contributed by atoms with Crippen LogP contribution in [-0.4, -0.2) is 45.1 Å². The van der Waals surface area contributed by atoms with Gasteiger partial charge >= 0.3 is 0 Å². The summed E-state index contributed by atoms with van der Waals surface area (Å²) in [5.74, 6) is 0.835. The van der Waals surface area contributed by atoms with Crippen LogP contribution in [-0.2, 0) is 4.79 Å². The standard InChI is InChI=1S/C20H21FN4O2/c21-16-7-1-2-8-17(16)27-13-10-19(26)24-11-5-6-15(14-24)20-23-22-18-9-3-4-12-25(18)20/h1-4,7-9,12,15H,5-6,10-11,13-14H2/t15-/m1/s1. The van der Waals surface area contributed by atoms with Crippen LogP contribution in [0, 0.1) is 5.82 Å². The van der Waals surface area contributed by atoms with Gasteiger partial charge in [-0.2, -0.15) is 0 Å². The maximum atomic E-state index is 13.6.